The Bertz CT molecular complexity index is 325. The van der Waals surface area contributed by atoms with E-state index in [0.29, 0.717) is 24.7 Å². The molecule has 0 radical (unpaired) electrons. The molecular formula is C12H16FNO. The van der Waals surface area contributed by atoms with E-state index in [2.05, 4.69) is 0 Å². The lowest BCUT2D eigenvalue weighted by atomic mass is 10.2. The summed E-state index contributed by atoms with van der Waals surface area (Å²) in [6, 6.07) is 6.78. The van der Waals surface area contributed by atoms with Crippen molar-refractivity contribution in [3.05, 3.63) is 35.6 Å². The SMILES string of the molecule is NC(COCc1ccccc1F)C1CC1. The molecule has 2 rings (SSSR count). The van der Waals surface area contributed by atoms with Gasteiger partial charge in [0, 0.05) is 11.6 Å². The molecule has 15 heavy (non-hydrogen) atoms. The Balaban J connectivity index is 1.75. The molecule has 1 aromatic rings. The number of nitrogens with two attached hydrogens (primary N) is 1. The summed E-state index contributed by atoms with van der Waals surface area (Å²) in [4.78, 5) is 0. The second-order valence-electron chi connectivity index (χ2n) is 4.11. The highest BCUT2D eigenvalue weighted by atomic mass is 19.1. The zero-order valence-electron chi connectivity index (χ0n) is 8.66. The van der Waals surface area contributed by atoms with E-state index >= 15 is 0 Å². The van der Waals surface area contributed by atoms with Crippen LogP contribution in [0.3, 0.4) is 0 Å². The van der Waals surface area contributed by atoms with Crippen molar-refractivity contribution in [2.45, 2.75) is 25.5 Å². The van der Waals surface area contributed by atoms with Gasteiger partial charge in [-0.2, -0.15) is 0 Å². The van der Waals surface area contributed by atoms with Crippen LogP contribution < -0.4 is 5.73 Å². The van der Waals surface area contributed by atoms with Crippen molar-refractivity contribution in [2.75, 3.05) is 6.61 Å². The van der Waals surface area contributed by atoms with E-state index in [1.807, 2.05) is 6.07 Å². The molecular weight excluding hydrogens is 193 g/mol. The molecule has 1 saturated carbocycles. The summed E-state index contributed by atoms with van der Waals surface area (Å²) < 4.78 is 18.6. The average Bonchev–Trinajstić information content (AvgIpc) is 3.04. The van der Waals surface area contributed by atoms with Crippen molar-refractivity contribution in [3.8, 4) is 0 Å². The van der Waals surface area contributed by atoms with E-state index in [9.17, 15) is 4.39 Å². The number of halogens is 1. The van der Waals surface area contributed by atoms with Crippen LogP contribution in [-0.2, 0) is 11.3 Å². The molecule has 0 saturated heterocycles. The largest absolute Gasteiger partial charge is 0.375 e. The number of benzene rings is 1. The van der Waals surface area contributed by atoms with Crippen LogP contribution in [0, 0.1) is 11.7 Å². The number of hydrogen-bond donors (Lipinski definition) is 1. The maximum atomic E-state index is 13.2. The molecule has 1 aliphatic rings. The lowest BCUT2D eigenvalue weighted by Gasteiger charge is -2.11. The molecule has 0 amide bonds. The Labute approximate surface area is 89.2 Å². The van der Waals surface area contributed by atoms with Crippen LogP contribution in [0.5, 0.6) is 0 Å². The van der Waals surface area contributed by atoms with Gasteiger partial charge in [-0.15, -0.1) is 0 Å². The third kappa shape index (κ3) is 3.01. The molecule has 0 aliphatic heterocycles. The number of rotatable bonds is 5. The van der Waals surface area contributed by atoms with Gasteiger partial charge in [-0.1, -0.05) is 18.2 Å². The number of hydrogen-bond acceptors (Lipinski definition) is 2. The first kappa shape index (κ1) is 10.6. The third-order valence-corrected chi connectivity index (χ3v) is 2.75. The van der Waals surface area contributed by atoms with Crippen LogP contribution in [-0.4, -0.2) is 12.6 Å². The minimum atomic E-state index is -0.211. The Morgan fingerprint density at radius 2 is 2.13 bits per heavy atom. The molecule has 1 fully saturated rings. The first-order chi connectivity index (χ1) is 7.27. The Morgan fingerprint density at radius 1 is 1.40 bits per heavy atom. The second kappa shape index (κ2) is 4.73. The molecule has 0 bridgehead atoms. The molecule has 1 atom stereocenters. The quantitative estimate of drug-likeness (QED) is 0.805. The molecule has 82 valence electrons. The standard InChI is InChI=1S/C12H16FNO/c13-11-4-2-1-3-10(11)7-15-8-12(14)9-5-6-9/h1-4,9,12H,5-8,14H2. The molecule has 0 spiro atoms. The molecule has 3 heteroatoms. The highest BCUT2D eigenvalue weighted by molar-refractivity contribution is 5.16. The zero-order chi connectivity index (χ0) is 10.7. The Hall–Kier alpha value is -0.930. The van der Waals surface area contributed by atoms with Gasteiger partial charge in [-0.3, -0.25) is 0 Å². The molecule has 2 N–H and O–H groups in total. The molecule has 0 aromatic heterocycles. The first-order valence-electron chi connectivity index (χ1n) is 5.34. The molecule has 2 nitrogen and oxygen atoms in total. The summed E-state index contributed by atoms with van der Waals surface area (Å²) >= 11 is 0. The van der Waals surface area contributed by atoms with Crippen LogP contribution in [0.1, 0.15) is 18.4 Å². The summed E-state index contributed by atoms with van der Waals surface area (Å²) in [5.74, 6) is 0.420. The molecule has 1 aromatic carbocycles. The minimum Gasteiger partial charge on any atom is -0.375 e. The predicted molar refractivity (Wildman–Crippen MR) is 56.8 cm³/mol. The predicted octanol–water partition coefficient (Wildman–Crippen LogP) is 2.08. The van der Waals surface area contributed by atoms with Crippen molar-refractivity contribution in [3.63, 3.8) is 0 Å². The van der Waals surface area contributed by atoms with Gasteiger partial charge in [0.25, 0.3) is 0 Å². The van der Waals surface area contributed by atoms with Gasteiger partial charge in [-0.25, -0.2) is 4.39 Å². The van der Waals surface area contributed by atoms with Crippen LogP contribution in [0.25, 0.3) is 0 Å². The maximum absolute atomic E-state index is 13.2. The summed E-state index contributed by atoms with van der Waals surface area (Å²) in [5, 5.41) is 0. The number of ether oxygens (including phenoxy) is 1. The van der Waals surface area contributed by atoms with E-state index in [1.165, 1.54) is 18.9 Å². The summed E-state index contributed by atoms with van der Waals surface area (Å²) in [6.45, 7) is 0.839. The fourth-order valence-electron chi connectivity index (χ4n) is 1.58. The van der Waals surface area contributed by atoms with E-state index in [4.69, 9.17) is 10.5 Å². The van der Waals surface area contributed by atoms with Crippen LogP contribution >= 0.6 is 0 Å². The Kier molecular flexibility index (Phi) is 3.34. The van der Waals surface area contributed by atoms with Gasteiger partial charge in [0.15, 0.2) is 0 Å². The van der Waals surface area contributed by atoms with Gasteiger partial charge in [0.05, 0.1) is 13.2 Å². The van der Waals surface area contributed by atoms with Crippen LogP contribution in [0.4, 0.5) is 4.39 Å². The topological polar surface area (TPSA) is 35.2 Å². The van der Waals surface area contributed by atoms with Crippen molar-refractivity contribution in [2.24, 2.45) is 11.7 Å². The van der Waals surface area contributed by atoms with Gasteiger partial charge in [0.2, 0.25) is 0 Å². The second-order valence-corrected chi connectivity index (χ2v) is 4.11. The lowest BCUT2D eigenvalue weighted by Crippen LogP contribution is -2.28. The Morgan fingerprint density at radius 3 is 2.80 bits per heavy atom. The molecule has 1 aliphatic carbocycles. The fraction of sp³-hybridized carbons (Fsp3) is 0.500. The highest BCUT2D eigenvalue weighted by Crippen LogP contribution is 2.31. The first-order valence-corrected chi connectivity index (χ1v) is 5.34. The fourth-order valence-corrected chi connectivity index (χ4v) is 1.58. The lowest BCUT2D eigenvalue weighted by molar-refractivity contribution is 0.101. The minimum absolute atomic E-state index is 0.122. The van der Waals surface area contributed by atoms with E-state index < -0.39 is 0 Å². The maximum Gasteiger partial charge on any atom is 0.128 e. The highest BCUT2D eigenvalue weighted by Gasteiger charge is 2.28. The van der Waals surface area contributed by atoms with E-state index in [-0.39, 0.29) is 11.9 Å². The van der Waals surface area contributed by atoms with Crippen molar-refractivity contribution in [1.29, 1.82) is 0 Å². The monoisotopic (exact) mass is 209 g/mol. The van der Waals surface area contributed by atoms with Gasteiger partial charge < -0.3 is 10.5 Å². The van der Waals surface area contributed by atoms with E-state index in [0.717, 1.165) is 0 Å². The normalized spacial score (nSPS) is 17.7. The zero-order valence-corrected chi connectivity index (χ0v) is 8.66. The molecule has 0 heterocycles. The average molecular weight is 209 g/mol. The summed E-state index contributed by atoms with van der Waals surface area (Å²) in [5.41, 5.74) is 6.46. The summed E-state index contributed by atoms with van der Waals surface area (Å²) in [6.07, 6.45) is 2.43. The van der Waals surface area contributed by atoms with Crippen molar-refractivity contribution in [1.82, 2.24) is 0 Å². The molecule has 1 unspecified atom stereocenters. The van der Waals surface area contributed by atoms with Crippen LogP contribution in [0.15, 0.2) is 24.3 Å². The van der Waals surface area contributed by atoms with Gasteiger partial charge in [0.1, 0.15) is 5.82 Å². The van der Waals surface area contributed by atoms with E-state index in [1.54, 1.807) is 12.1 Å². The summed E-state index contributed by atoms with van der Waals surface area (Å²) in [7, 11) is 0. The van der Waals surface area contributed by atoms with Crippen molar-refractivity contribution < 1.29 is 9.13 Å². The van der Waals surface area contributed by atoms with Crippen molar-refractivity contribution >= 4 is 0 Å². The smallest absolute Gasteiger partial charge is 0.128 e. The van der Waals surface area contributed by atoms with Gasteiger partial charge in [-0.05, 0) is 24.8 Å². The van der Waals surface area contributed by atoms with Gasteiger partial charge >= 0.3 is 0 Å². The van der Waals surface area contributed by atoms with Crippen LogP contribution in [0.2, 0.25) is 0 Å². The third-order valence-electron chi connectivity index (χ3n) is 2.75.